The second-order valence-electron chi connectivity index (χ2n) is 4.78. The van der Waals surface area contributed by atoms with Crippen molar-refractivity contribution in [2.24, 2.45) is 5.73 Å². The van der Waals surface area contributed by atoms with Gasteiger partial charge in [-0.3, -0.25) is 0 Å². The predicted octanol–water partition coefficient (Wildman–Crippen LogP) is 0.454. The molecule has 3 heterocycles. The van der Waals surface area contributed by atoms with Gasteiger partial charge in [0.15, 0.2) is 0 Å². The Morgan fingerprint density at radius 1 is 1.39 bits per heavy atom. The Morgan fingerprint density at radius 2 is 2.17 bits per heavy atom. The number of H-pyrrole nitrogens is 1. The van der Waals surface area contributed by atoms with E-state index in [-0.39, 0.29) is 0 Å². The number of nitrogens with zero attached hydrogens (tertiary/aromatic N) is 3. The minimum absolute atomic E-state index is 0.659. The van der Waals surface area contributed by atoms with Crippen LogP contribution in [-0.4, -0.2) is 39.9 Å². The number of aromatic nitrogens is 3. The number of aldehydes is 1. The molecule has 0 atom stereocenters. The Labute approximate surface area is 104 Å². The number of anilines is 1. The zero-order chi connectivity index (χ0) is 12.6. The van der Waals surface area contributed by atoms with Crippen LogP contribution in [0.3, 0.4) is 0 Å². The smallest absolute Gasteiger partial charge is 0.142 e. The number of piperidine rings is 1. The molecule has 1 saturated heterocycles. The normalized spacial score (nSPS) is 19.1. The van der Waals surface area contributed by atoms with Crippen molar-refractivity contribution in [2.45, 2.75) is 18.4 Å². The summed E-state index contributed by atoms with van der Waals surface area (Å²) < 4.78 is 0. The number of carbonyl (C=O) groups is 1. The summed E-state index contributed by atoms with van der Waals surface area (Å²) in [6.45, 7) is 1.49. The molecule has 0 aliphatic carbocycles. The van der Waals surface area contributed by atoms with Gasteiger partial charge in [0.1, 0.15) is 24.1 Å². The van der Waals surface area contributed by atoms with Crippen LogP contribution in [0.1, 0.15) is 12.8 Å². The SMILES string of the molecule is NC1(C=O)CCN(c2ncnc3[nH]ccc23)CC1. The topological polar surface area (TPSA) is 87.9 Å². The molecule has 0 spiro atoms. The van der Waals surface area contributed by atoms with Crippen LogP contribution in [0.25, 0.3) is 11.0 Å². The molecule has 18 heavy (non-hydrogen) atoms. The van der Waals surface area contributed by atoms with Gasteiger partial charge in [-0.15, -0.1) is 0 Å². The molecule has 1 aliphatic heterocycles. The zero-order valence-electron chi connectivity index (χ0n) is 9.97. The summed E-state index contributed by atoms with van der Waals surface area (Å²) in [5, 5.41) is 1.01. The molecule has 1 aliphatic rings. The van der Waals surface area contributed by atoms with E-state index < -0.39 is 5.54 Å². The second kappa shape index (κ2) is 4.06. The first kappa shape index (κ1) is 11.2. The van der Waals surface area contributed by atoms with Gasteiger partial charge in [0.05, 0.1) is 10.9 Å². The van der Waals surface area contributed by atoms with E-state index in [1.54, 1.807) is 6.33 Å². The summed E-state index contributed by atoms with van der Waals surface area (Å²) in [5.41, 5.74) is 6.13. The number of nitrogens with two attached hydrogens (primary N) is 1. The number of aromatic amines is 1. The number of carbonyl (C=O) groups excluding carboxylic acids is 1. The third-order valence-electron chi connectivity index (χ3n) is 3.56. The Balaban J connectivity index is 1.88. The number of fused-ring (bicyclic) bond motifs is 1. The quantitative estimate of drug-likeness (QED) is 0.750. The summed E-state index contributed by atoms with van der Waals surface area (Å²) in [6, 6.07) is 1.97. The fourth-order valence-electron chi connectivity index (χ4n) is 2.36. The van der Waals surface area contributed by atoms with E-state index in [9.17, 15) is 4.79 Å². The van der Waals surface area contributed by atoms with Gasteiger partial charge in [0.2, 0.25) is 0 Å². The highest BCUT2D eigenvalue weighted by Gasteiger charge is 2.31. The van der Waals surface area contributed by atoms with E-state index in [1.807, 2.05) is 12.3 Å². The Hall–Kier alpha value is -1.95. The predicted molar refractivity (Wildman–Crippen MR) is 68.3 cm³/mol. The zero-order valence-corrected chi connectivity index (χ0v) is 9.97. The fourth-order valence-corrected chi connectivity index (χ4v) is 2.36. The van der Waals surface area contributed by atoms with Crippen LogP contribution in [0.4, 0.5) is 5.82 Å². The van der Waals surface area contributed by atoms with Gasteiger partial charge in [-0.1, -0.05) is 0 Å². The summed E-state index contributed by atoms with van der Waals surface area (Å²) >= 11 is 0. The molecule has 6 heteroatoms. The molecular formula is C12H15N5O. The van der Waals surface area contributed by atoms with Gasteiger partial charge in [0.25, 0.3) is 0 Å². The average Bonchev–Trinajstić information content (AvgIpc) is 2.88. The monoisotopic (exact) mass is 245 g/mol. The number of rotatable bonds is 2. The van der Waals surface area contributed by atoms with Crippen molar-refractivity contribution in [3.63, 3.8) is 0 Å². The van der Waals surface area contributed by atoms with Crippen molar-refractivity contribution < 1.29 is 4.79 Å². The minimum Gasteiger partial charge on any atom is -0.356 e. The highest BCUT2D eigenvalue weighted by Crippen LogP contribution is 2.26. The van der Waals surface area contributed by atoms with Crippen LogP contribution < -0.4 is 10.6 Å². The van der Waals surface area contributed by atoms with E-state index in [0.29, 0.717) is 12.8 Å². The number of hydrogen-bond acceptors (Lipinski definition) is 5. The van der Waals surface area contributed by atoms with Crippen LogP contribution in [0, 0.1) is 0 Å². The third-order valence-corrected chi connectivity index (χ3v) is 3.56. The molecule has 0 unspecified atom stereocenters. The molecule has 94 valence electrons. The molecule has 3 N–H and O–H groups in total. The molecule has 0 aromatic carbocycles. The third kappa shape index (κ3) is 1.74. The molecule has 2 aromatic rings. The second-order valence-corrected chi connectivity index (χ2v) is 4.78. The maximum atomic E-state index is 10.9. The lowest BCUT2D eigenvalue weighted by Gasteiger charge is -2.36. The molecular weight excluding hydrogens is 230 g/mol. The summed E-state index contributed by atoms with van der Waals surface area (Å²) in [6.07, 6.45) is 5.60. The Bertz CT molecular complexity index is 571. The number of nitrogens with one attached hydrogen (secondary N) is 1. The molecule has 0 saturated carbocycles. The van der Waals surface area contributed by atoms with Crippen LogP contribution in [0.5, 0.6) is 0 Å². The van der Waals surface area contributed by atoms with E-state index in [4.69, 9.17) is 5.73 Å². The summed E-state index contributed by atoms with van der Waals surface area (Å²) in [7, 11) is 0. The van der Waals surface area contributed by atoms with E-state index in [0.717, 1.165) is 36.2 Å². The van der Waals surface area contributed by atoms with Gasteiger partial charge in [-0.25, -0.2) is 9.97 Å². The molecule has 3 rings (SSSR count). The van der Waals surface area contributed by atoms with Gasteiger partial charge < -0.3 is 20.4 Å². The van der Waals surface area contributed by atoms with E-state index >= 15 is 0 Å². The average molecular weight is 245 g/mol. The first-order chi connectivity index (χ1) is 8.72. The lowest BCUT2D eigenvalue weighted by atomic mass is 9.90. The van der Waals surface area contributed by atoms with Crippen LogP contribution >= 0.6 is 0 Å². The van der Waals surface area contributed by atoms with Crippen molar-refractivity contribution >= 4 is 23.1 Å². The van der Waals surface area contributed by atoms with Crippen molar-refractivity contribution in [3.8, 4) is 0 Å². The maximum absolute atomic E-state index is 10.9. The van der Waals surface area contributed by atoms with Gasteiger partial charge in [0, 0.05) is 19.3 Å². The fraction of sp³-hybridized carbons (Fsp3) is 0.417. The van der Waals surface area contributed by atoms with Crippen molar-refractivity contribution in [1.29, 1.82) is 0 Å². The molecule has 0 amide bonds. The summed E-state index contributed by atoms with van der Waals surface area (Å²) in [4.78, 5) is 24.7. The Kier molecular flexibility index (Phi) is 2.52. The molecule has 0 radical (unpaired) electrons. The first-order valence-electron chi connectivity index (χ1n) is 6.00. The highest BCUT2D eigenvalue weighted by atomic mass is 16.1. The van der Waals surface area contributed by atoms with Crippen molar-refractivity contribution in [1.82, 2.24) is 15.0 Å². The van der Waals surface area contributed by atoms with E-state index in [2.05, 4.69) is 19.9 Å². The molecule has 6 nitrogen and oxygen atoms in total. The maximum Gasteiger partial charge on any atom is 0.142 e. The van der Waals surface area contributed by atoms with Crippen LogP contribution in [0.15, 0.2) is 18.6 Å². The van der Waals surface area contributed by atoms with Crippen LogP contribution in [-0.2, 0) is 4.79 Å². The molecule has 2 aromatic heterocycles. The van der Waals surface area contributed by atoms with Crippen LogP contribution in [0.2, 0.25) is 0 Å². The minimum atomic E-state index is -0.666. The largest absolute Gasteiger partial charge is 0.356 e. The van der Waals surface area contributed by atoms with E-state index in [1.165, 1.54) is 0 Å². The van der Waals surface area contributed by atoms with Gasteiger partial charge in [-0.05, 0) is 18.9 Å². The summed E-state index contributed by atoms with van der Waals surface area (Å²) in [5.74, 6) is 0.911. The first-order valence-corrected chi connectivity index (χ1v) is 6.00. The van der Waals surface area contributed by atoms with Gasteiger partial charge >= 0.3 is 0 Å². The van der Waals surface area contributed by atoms with Crippen molar-refractivity contribution in [2.75, 3.05) is 18.0 Å². The molecule has 0 bridgehead atoms. The number of hydrogen-bond donors (Lipinski definition) is 2. The lowest BCUT2D eigenvalue weighted by molar-refractivity contribution is -0.112. The highest BCUT2D eigenvalue weighted by molar-refractivity contribution is 5.87. The molecule has 1 fully saturated rings. The van der Waals surface area contributed by atoms with Gasteiger partial charge in [-0.2, -0.15) is 0 Å². The standard InChI is InChI=1S/C12H15N5O/c13-12(7-18)2-5-17(6-3-12)11-9-1-4-14-10(9)15-8-16-11/h1,4,7-8H,2-3,5-6,13H2,(H,14,15,16). The Morgan fingerprint density at radius 3 is 2.89 bits per heavy atom. The van der Waals surface area contributed by atoms with Crippen molar-refractivity contribution in [3.05, 3.63) is 18.6 Å². The lowest BCUT2D eigenvalue weighted by Crippen LogP contribution is -2.51.